The minimum absolute atomic E-state index is 0.0214. The Hall–Kier alpha value is -3.22. The number of nitrogens with zero attached hydrogens (tertiary/aromatic N) is 2. The number of fused-ring (bicyclic) bond motifs is 1. The van der Waals surface area contributed by atoms with Gasteiger partial charge in [-0.3, -0.25) is 14.9 Å². The second kappa shape index (κ2) is 5.04. The molecular formula is C14H10N4O3. The number of nitrogens with one attached hydrogen (secondary N) is 2. The molecule has 2 N–H and O–H groups in total. The van der Waals surface area contributed by atoms with Crippen molar-refractivity contribution < 1.29 is 9.72 Å². The van der Waals surface area contributed by atoms with Crippen LogP contribution in [0.5, 0.6) is 0 Å². The summed E-state index contributed by atoms with van der Waals surface area (Å²) in [5.41, 5.74) is 2.50. The fraction of sp³-hybridized carbons (Fsp3) is 0. The maximum atomic E-state index is 12.1. The normalized spacial score (nSPS) is 10.5. The number of aromatic nitrogens is 2. The van der Waals surface area contributed by atoms with E-state index in [1.807, 2.05) is 0 Å². The SMILES string of the molecule is O=C(Nc1ccc([N+](=O)[O-])cc1)c1ccc2nc[nH]c2c1. The monoisotopic (exact) mass is 282 g/mol. The van der Waals surface area contributed by atoms with Crippen LogP contribution in [0.2, 0.25) is 0 Å². The summed E-state index contributed by atoms with van der Waals surface area (Å²) in [6, 6.07) is 10.8. The Balaban J connectivity index is 1.80. The maximum absolute atomic E-state index is 12.1. The summed E-state index contributed by atoms with van der Waals surface area (Å²) in [5.74, 6) is -0.291. The summed E-state index contributed by atoms with van der Waals surface area (Å²) in [6.07, 6.45) is 1.56. The van der Waals surface area contributed by atoms with E-state index in [1.165, 1.54) is 24.3 Å². The molecule has 7 nitrogen and oxygen atoms in total. The van der Waals surface area contributed by atoms with Crippen LogP contribution in [-0.4, -0.2) is 20.8 Å². The highest BCUT2D eigenvalue weighted by Crippen LogP contribution is 2.17. The second-order valence-electron chi connectivity index (χ2n) is 4.39. The standard InChI is InChI=1S/C14H10N4O3/c19-14(9-1-6-12-13(7-9)16-8-15-12)17-10-2-4-11(5-3-10)18(20)21/h1-8H,(H,15,16)(H,17,19). The van der Waals surface area contributed by atoms with Crippen LogP contribution < -0.4 is 5.32 Å². The molecule has 0 saturated carbocycles. The molecule has 0 spiro atoms. The first-order valence-corrected chi connectivity index (χ1v) is 6.12. The van der Waals surface area contributed by atoms with Crippen molar-refractivity contribution in [3.63, 3.8) is 0 Å². The van der Waals surface area contributed by atoms with E-state index in [0.29, 0.717) is 11.3 Å². The van der Waals surface area contributed by atoms with Gasteiger partial charge in [0.2, 0.25) is 0 Å². The summed E-state index contributed by atoms with van der Waals surface area (Å²) in [7, 11) is 0. The molecule has 3 aromatic rings. The zero-order chi connectivity index (χ0) is 14.8. The van der Waals surface area contributed by atoms with Crippen molar-refractivity contribution in [1.29, 1.82) is 0 Å². The van der Waals surface area contributed by atoms with Crippen LogP contribution in [0.25, 0.3) is 11.0 Å². The molecule has 3 rings (SSSR count). The van der Waals surface area contributed by atoms with E-state index < -0.39 is 4.92 Å². The van der Waals surface area contributed by atoms with Crippen LogP contribution in [0.15, 0.2) is 48.8 Å². The number of benzene rings is 2. The maximum Gasteiger partial charge on any atom is 0.269 e. The van der Waals surface area contributed by atoms with Crippen molar-refractivity contribution in [2.45, 2.75) is 0 Å². The van der Waals surface area contributed by atoms with Crippen LogP contribution in [0.4, 0.5) is 11.4 Å². The Labute approximate surface area is 118 Å². The number of hydrogen-bond acceptors (Lipinski definition) is 4. The van der Waals surface area contributed by atoms with Gasteiger partial charge in [0.05, 0.1) is 22.3 Å². The van der Waals surface area contributed by atoms with Crippen molar-refractivity contribution in [3.05, 3.63) is 64.5 Å². The average molecular weight is 282 g/mol. The van der Waals surface area contributed by atoms with Gasteiger partial charge in [-0.05, 0) is 30.3 Å². The number of carbonyl (C=O) groups excluding carboxylic acids is 1. The zero-order valence-electron chi connectivity index (χ0n) is 10.7. The molecule has 7 heteroatoms. The Morgan fingerprint density at radius 2 is 1.95 bits per heavy atom. The smallest absolute Gasteiger partial charge is 0.269 e. The number of rotatable bonds is 3. The van der Waals surface area contributed by atoms with Crippen LogP contribution in [-0.2, 0) is 0 Å². The largest absolute Gasteiger partial charge is 0.345 e. The molecule has 0 aliphatic carbocycles. The molecule has 1 amide bonds. The Morgan fingerprint density at radius 3 is 2.67 bits per heavy atom. The molecule has 0 bridgehead atoms. The van der Waals surface area contributed by atoms with Crippen molar-refractivity contribution in [2.75, 3.05) is 5.32 Å². The van der Waals surface area contributed by atoms with Crippen molar-refractivity contribution in [1.82, 2.24) is 9.97 Å². The molecule has 104 valence electrons. The number of hydrogen-bond donors (Lipinski definition) is 2. The lowest BCUT2D eigenvalue weighted by Crippen LogP contribution is -2.11. The first-order chi connectivity index (χ1) is 10.1. The Morgan fingerprint density at radius 1 is 1.19 bits per heavy atom. The van der Waals surface area contributed by atoms with Gasteiger partial charge in [-0.2, -0.15) is 0 Å². The topological polar surface area (TPSA) is 101 Å². The van der Waals surface area contributed by atoms with E-state index in [4.69, 9.17) is 0 Å². The van der Waals surface area contributed by atoms with E-state index in [0.717, 1.165) is 11.0 Å². The van der Waals surface area contributed by atoms with E-state index in [2.05, 4.69) is 15.3 Å². The summed E-state index contributed by atoms with van der Waals surface area (Å²) >= 11 is 0. The molecule has 0 atom stereocenters. The van der Waals surface area contributed by atoms with Crippen LogP contribution in [0.1, 0.15) is 10.4 Å². The number of non-ortho nitro benzene ring substituents is 1. The number of amides is 1. The fourth-order valence-corrected chi connectivity index (χ4v) is 1.95. The van der Waals surface area contributed by atoms with Crippen molar-refractivity contribution in [2.24, 2.45) is 0 Å². The molecule has 0 fully saturated rings. The predicted octanol–water partition coefficient (Wildman–Crippen LogP) is 2.72. The molecular weight excluding hydrogens is 272 g/mol. The third-order valence-electron chi connectivity index (χ3n) is 3.02. The number of carbonyl (C=O) groups is 1. The Kier molecular flexibility index (Phi) is 3.07. The second-order valence-corrected chi connectivity index (χ2v) is 4.39. The van der Waals surface area contributed by atoms with Gasteiger partial charge in [-0.15, -0.1) is 0 Å². The number of anilines is 1. The summed E-state index contributed by atoms with van der Waals surface area (Å²) < 4.78 is 0. The molecule has 1 aromatic heterocycles. The lowest BCUT2D eigenvalue weighted by molar-refractivity contribution is -0.384. The van der Waals surface area contributed by atoms with Gasteiger partial charge >= 0.3 is 0 Å². The number of imidazole rings is 1. The van der Waals surface area contributed by atoms with E-state index in [1.54, 1.807) is 24.5 Å². The van der Waals surface area contributed by atoms with Gasteiger partial charge in [0.25, 0.3) is 11.6 Å². The molecule has 0 aliphatic heterocycles. The molecule has 1 heterocycles. The average Bonchev–Trinajstić information content (AvgIpc) is 2.95. The van der Waals surface area contributed by atoms with Gasteiger partial charge in [0.1, 0.15) is 0 Å². The summed E-state index contributed by atoms with van der Waals surface area (Å²) in [4.78, 5) is 29.2. The van der Waals surface area contributed by atoms with E-state index in [9.17, 15) is 14.9 Å². The molecule has 21 heavy (non-hydrogen) atoms. The zero-order valence-corrected chi connectivity index (χ0v) is 10.7. The fourth-order valence-electron chi connectivity index (χ4n) is 1.95. The van der Waals surface area contributed by atoms with E-state index >= 15 is 0 Å². The lowest BCUT2D eigenvalue weighted by Gasteiger charge is -2.05. The van der Waals surface area contributed by atoms with Crippen LogP contribution in [0, 0.1) is 10.1 Å². The third kappa shape index (κ3) is 2.57. The summed E-state index contributed by atoms with van der Waals surface area (Å²) in [5, 5.41) is 13.2. The quantitative estimate of drug-likeness (QED) is 0.569. The van der Waals surface area contributed by atoms with Gasteiger partial charge in [-0.1, -0.05) is 0 Å². The molecule has 2 aromatic carbocycles. The molecule has 0 saturated heterocycles. The predicted molar refractivity (Wildman–Crippen MR) is 77.1 cm³/mol. The van der Waals surface area contributed by atoms with Gasteiger partial charge in [0.15, 0.2) is 0 Å². The van der Waals surface area contributed by atoms with Crippen molar-refractivity contribution in [3.8, 4) is 0 Å². The number of aromatic amines is 1. The molecule has 0 unspecified atom stereocenters. The van der Waals surface area contributed by atoms with Gasteiger partial charge in [-0.25, -0.2) is 4.98 Å². The minimum Gasteiger partial charge on any atom is -0.345 e. The summed E-state index contributed by atoms with van der Waals surface area (Å²) in [6.45, 7) is 0. The minimum atomic E-state index is -0.488. The number of nitro benzene ring substituents is 1. The van der Waals surface area contributed by atoms with Crippen LogP contribution in [0.3, 0.4) is 0 Å². The van der Waals surface area contributed by atoms with Crippen molar-refractivity contribution >= 4 is 28.3 Å². The highest BCUT2D eigenvalue weighted by molar-refractivity contribution is 6.05. The first-order valence-electron chi connectivity index (χ1n) is 6.12. The lowest BCUT2D eigenvalue weighted by atomic mass is 10.2. The Bertz CT molecular complexity index is 824. The van der Waals surface area contributed by atoms with Gasteiger partial charge < -0.3 is 10.3 Å². The number of nitro groups is 1. The van der Waals surface area contributed by atoms with E-state index in [-0.39, 0.29) is 11.6 Å². The number of H-pyrrole nitrogens is 1. The highest BCUT2D eigenvalue weighted by Gasteiger charge is 2.09. The molecule has 0 radical (unpaired) electrons. The highest BCUT2D eigenvalue weighted by atomic mass is 16.6. The van der Waals surface area contributed by atoms with Crippen LogP contribution >= 0.6 is 0 Å². The third-order valence-corrected chi connectivity index (χ3v) is 3.02. The molecule has 0 aliphatic rings. The first kappa shape index (κ1) is 12.8. The van der Waals surface area contributed by atoms with Gasteiger partial charge in [0, 0.05) is 23.4 Å².